The van der Waals surface area contributed by atoms with Crippen LogP contribution in [0.15, 0.2) is 18.2 Å². The van der Waals surface area contributed by atoms with Crippen LogP contribution >= 0.6 is 0 Å². The number of aryl methyl sites for hydroxylation is 1. The van der Waals surface area contributed by atoms with E-state index in [0.717, 1.165) is 11.3 Å². The molecule has 0 aliphatic heterocycles. The first-order valence-corrected chi connectivity index (χ1v) is 6.29. The maximum Gasteiger partial charge on any atom is 0.226 e. The van der Waals surface area contributed by atoms with Crippen LogP contribution in [0.2, 0.25) is 0 Å². The Labute approximate surface area is 114 Å². The molecular formula is C14H22N2O3. The maximum atomic E-state index is 11.7. The first-order chi connectivity index (χ1) is 9.02. The molecule has 0 aliphatic carbocycles. The van der Waals surface area contributed by atoms with Crippen LogP contribution in [0.1, 0.15) is 18.9 Å². The van der Waals surface area contributed by atoms with Gasteiger partial charge in [0.25, 0.3) is 0 Å². The molecule has 0 fully saturated rings. The van der Waals surface area contributed by atoms with E-state index in [9.17, 15) is 4.79 Å². The second-order valence-electron chi connectivity index (χ2n) is 4.51. The quantitative estimate of drug-likeness (QED) is 0.740. The fourth-order valence-corrected chi connectivity index (χ4v) is 1.68. The van der Waals surface area contributed by atoms with Gasteiger partial charge in [-0.15, -0.1) is 0 Å². The SMILES string of the molecule is COCC(C)OCCC(=O)Nc1ccc(N)cc1C. The van der Waals surface area contributed by atoms with Crippen molar-refractivity contribution < 1.29 is 14.3 Å². The molecule has 1 aromatic carbocycles. The molecule has 0 heterocycles. The molecule has 0 aromatic heterocycles. The topological polar surface area (TPSA) is 73.6 Å². The number of hydrogen-bond acceptors (Lipinski definition) is 4. The second kappa shape index (κ2) is 7.76. The summed E-state index contributed by atoms with van der Waals surface area (Å²) in [5.41, 5.74) is 8.07. The number of anilines is 2. The van der Waals surface area contributed by atoms with E-state index in [1.54, 1.807) is 19.2 Å². The first kappa shape index (κ1) is 15.5. The molecule has 0 radical (unpaired) electrons. The van der Waals surface area contributed by atoms with Crippen LogP contribution in [0.5, 0.6) is 0 Å². The average Bonchev–Trinajstić information content (AvgIpc) is 2.33. The second-order valence-corrected chi connectivity index (χ2v) is 4.51. The Kier molecular flexibility index (Phi) is 6.32. The van der Waals surface area contributed by atoms with E-state index in [-0.39, 0.29) is 12.0 Å². The molecule has 1 amide bonds. The average molecular weight is 266 g/mol. The van der Waals surface area contributed by atoms with Crippen LogP contribution in [0, 0.1) is 6.92 Å². The Morgan fingerprint density at radius 3 is 2.84 bits per heavy atom. The van der Waals surface area contributed by atoms with Crippen LogP contribution in [-0.4, -0.2) is 32.3 Å². The predicted octanol–water partition coefficient (Wildman–Crippen LogP) is 1.96. The molecule has 1 aromatic rings. The zero-order valence-electron chi connectivity index (χ0n) is 11.7. The van der Waals surface area contributed by atoms with Crippen molar-refractivity contribution in [1.29, 1.82) is 0 Å². The van der Waals surface area contributed by atoms with Crippen LogP contribution in [0.25, 0.3) is 0 Å². The molecule has 5 nitrogen and oxygen atoms in total. The number of nitrogen functional groups attached to an aromatic ring is 1. The smallest absolute Gasteiger partial charge is 0.226 e. The standard InChI is InChI=1S/C14H22N2O3/c1-10-8-12(15)4-5-13(10)16-14(17)6-7-19-11(2)9-18-3/h4-5,8,11H,6-7,9,15H2,1-3H3,(H,16,17). The number of carbonyl (C=O) groups is 1. The van der Waals surface area contributed by atoms with Gasteiger partial charge in [-0.3, -0.25) is 4.79 Å². The number of nitrogens with one attached hydrogen (secondary N) is 1. The summed E-state index contributed by atoms with van der Waals surface area (Å²) in [4.78, 5) is 11.7. The molecule has 106 valence electrons. The summed E-state index contributed by atoms with van der Waals surface area (Å²) in [5.74, 6) is -0.0718. The number of hydrogen-bond donors (Lipinski definition) is 2. The summed E-state index contributed by atoms with van der Waals surface area (Å²) in [7, 11) is 1.62. The molecule has 0 aliphatic rings. The van der Waals surface area contributed by atoms with E-state index in [2.05, 4.69) is 5.32 Å². The van der Waals surface area contributed by atoms with E-state index >= 15 is 0 Å². The summed E-state index contributed by atoms with van der Waals surface area (Å²) in [5, 5.41) is 2.84. The summed E-state index contributed by atoms with van der Waals surface area (Å²) in [6, 6.07) is 5.39. The van der Waals surface area contributed by atoms with E-state index in [1.807, 2.05) is 19.9 Å². The minimum atomic E-state index is -0.0718. The van der Waals surface area contributed by atoms with Gasteiger partial charge in [-0.05, 0) is 37.6 Å². The molecule has 5 heteroatoms. The highest BCUT2D eigenvalue weighted by molar-refractivity contribution is 5.91. The van der Waals surface area contributed by atoms with Crippen LogP contribution in [-0.2, 0) is 14.3 Å². The van der Waals surface area contributed by atoms with E-state index in [1.165, 1.54) is 0 Å². The molecule has 1 rings (SSSR count). The highest BCUT2D eigenvalue weighted by Crippen LogP contribution is 2.17. The lowest BCUT2D eigenvalue weighted by Gasteiger charge is -2.12. The van der Waals surface area contributed by atoms with Gasteiger partial charge in [0.1, 0.15) is 0 Å². The summed E-state index contributed by atoms with van der Waals surface area (Å²) >= 11 is 0. The molecular weight excluding hydrogens is 244 g/mol. The minimum Gasteiger partial charge on any atom is -0.399 e. The third-order valence-corrected chi connectivity index (χ3v) is 2.66. The molecule has 0 bridgehead atoms. The number of ether oxygens (including phenoxy) is 2. The third-order valence-electron chi connectivity index (χ3n) is 2.66. The van der Waals surface area contributed by atoms with E-state index in [0.29, 0.717) is 25.3 Å². The summed E-state index contributed by atoms with van der Waals surface area (Å²) in [6.07, 6.45) is 0.314. The number of carbonyl (C=O) groups excluding carboxylic acids is 1. The van der Waals surface area contributed by atoms with Crippen molar-refractivity contribution in [2.75, 3.05) is 31.4 Å². The Morgan fingerprint density at radius 1 is 1.47 bits per heavy atom. The van der Waals surface area contributed by atoms with E-state index in [4.69, 9.17) is 15.2 Å². The van der Waals surface area contributed by atoms with Crippen molar-refractivity contribution in [2.45, 2.75) is 26.4 Å². The lowest BCUT2D eigenvalue weighted by molar-refractivity contribution is -0.117. The number of nitrogens with two attached hydrogens (primary N) is 1. The van der Waals surface area contributed by atoms with Gasteiger partial charge in [0.2, 0.25) is 5.91 Å². The van der Waals surface area contributed by atoms with Gasteiger partial charge in [-0.1, -0.05) is 0 Å². The van der Waals surface area contributed by atoms with E-state index < -0.39 is 0 Å². The molecule has 0 spiro atoms. The van der Waals surface area contributed by atoms with Gasteiger partial charge in [-0.25, -0.2) is 0 Å². The van der Waals surface area contributed by atoms with Gasteiger partial charge in [0, 0.05) is 18.5 Å². The van der Waals surface area contributed by atoms with Crippen LogP contribution in [0.3, 0.4) is 0 Å². The first-order valence-electron chi connectivity index (χ1n) is 6.29. The van der Waals surface area contributed by atoms with Gasteiger partial charge in [-0.2, -0.15) is 0 Å². The van der Waals surface area contributed by atoms with Crippen molar-refractivity contribution in [1.82, 2.24) is 0 Å². The molecule has 19 heavy (non-hydrogen) atoms. The van der Waals surface area contributed by atoms with Gasteiger partial charge < -0.3 is 20.5 Å². The van der Waals surface area contributed by atoms with Crippen molar-refractivity contribution in [3.8, 4) is 0 Å². The van der Waals surface area contributed by atoms with Crippen LogP contribution < -0.4 is 11.1 Å². The molecule has 0 saturated heterocycles. The van der Waals surface area contributed by atoms with Crippen molar-refractivity contribution in [2.24, 2.45) is 0 Å². The Bertz CT molecular complexity index is 421. The fourth-order valence-electron chi connectivity index (χ4n) is 1.68. The summed E-state index contributed by atoms with van der Waals surface area (Å²) < 4.78 is 10.4. The van der Waals surface area contributed by atoms with Crippen molar-refractivity contribution in [3.63, 3.8) is 0 Å². The normalized spacial score (nSPS) is 12.2. The fraction of sp³-hybridized carbons (Fsp3) is 0.500. The number of benzene rings is 1. The van der Waals surface area contributed by atoms with Crippen LogP contribution in [0.4, 0.5) is 11.4 Å². The molecule has 3 N–H and O–H groups in total. The van der Waals surface area contributed by atoms with Gasteiger partial charge in [0.05, 0.1) is 25.7 Å². The lowest BCUT2D eigenvalue weighted by atomic mass is 10.2. The highest BCUT2D eigenvalue weighted by atomic mass is 16.5. The third kappa shape index (κ3) is 5.72. The maximum absolute atomic E-state index is 11.7. The Morgan fingerprint density at radius 2 is 2.21 bits per heavy atom. The molecule has 1 atom stereocenters. The number of methoxy groups -OCH3 is 1. The Hall–Kier alpha value is -1.59. The lowest BCUT2D eigenvalue weighted by Crippen LogP contribution is -2.19. The molecule has 1 unspecified atom stereocenters. The largest absolute Gasteiger partial charge is 0.399 e. The highest BCUT2D eigenvalue weighted by Gasteiger charge is 2.07. The van der Waals surface area contributed by atoms with Gasteiger partial charge >= 0.3 is 0 Å². The van der Waals surface area contributed by atoms with Gasteiger partial charge in [0.15, 0.2) is 0 Å². The summed E-state index contributed by atoms with van der Waals surface area (Å²) in [6.45, 7) is 4.72. The monoisotopic (exact) mass is 266 g/mol. The zero-order valence-corrected chi connectivity index (χ0v) is 11.7. The number of amides is 1. The number of rotatable bonds is 7. The zero-order chi connectivity index (χ0) is 14.3. The van der Waals surface area contributed by atoms with Crippen molar-refractivity contribution >= 4 is 17.3 Å². The predicted molar refractivity (Wildman–Crippen MR) is 76.1 cm³/mol. The molecule has 0 saturated carbocycles. The minimum absolute atomic E-state index is 0.00365. The Balaban J connectivity index is 2.35. The van der Waals surface area contributed by atoms with Crippen molar-refractivity contribution in [3.05, 3.63) is 23.8 Å².